The Morgan fingerprint density at radius 3 is 2.72 bits per heavy atom. The predicted octanol–water partition coefficient (Wildman–Crippen LogP) is 3.39. The number of nitrogens with zero attached hydrogens (tertiary/aromatic N) is 1. The summed E-state index contributed by atoms with van der Waals surface area (Å²) < 4.78 is 5.99. The minimum absolute atomic E-state index is 0.166. The van der Waals surface area contributed by atoms with E-state index in [4.69, 9.17) is 4.74 Å². The fraction of sp³-hybridized carbons (Fsp3) is 0.667. The molecule has 0 aliphatic heterocycles. The second kappa shape index (κ2) is 6.74. The van der Waals surface area contributed by atoms with E-state index in [2.05, 4.69) is 51.0 Å². The second-order valence-electron chi connectivity index (χ2n) is 5.71. The average molecular weight is 250 g/mol. The predicted molar refractivity (Wildman–Crippen MR) is 75.8 cm³/mol. The lowest BCUT2D eigenvalue weighted by molar-refractivity contribution is 0.0973. The molecule has 0 unspecified atom stereocenters. The van der Waals surface area contributed by atoms with Crippen molar-refractivity contribution in [3.63, 3.8) is 0 Å². The van der Waals surface area contributed by atoms with Gasteiger partial charge in [0.05, 0.1) is 0 Å². The van der Waals surface area contributed by atoms with Gasteiger partial charge in [0.15, 0.2) is 0 Å². The summed E-state index contributed by atoms with van der Waals surface area (Å²) in [7, 11) is 0. The molecular formula is C15H26N2O. The van der Waals surface area contributed by atoms with Crippen LogP contribution in [0.1, 0.15) is 46.6 Å². The van der Waals surface area contributed by atoms with Crippen molar-refractivity contribution >= 4 is 0 Å². The van der Waals surface area contributed by atoms with E-state index < -0.39 is 0 Å². The Bertz CT molecular complexity index is 361. The van der Waals surface area contributed by atoms with E-state index in [1.807, 2.05) is 6.07 Å². The molecule has 0 bridgehead atoms. The van der Waals surface area contributed by atoms with Crippen molar-refractivity contribution in [2.75, 3.05) is 6.54 Å². The Hall–Kier alpha value is -1.09. The van der Waals surface area contributed by atoms with Crippen LogP contribution in [0.15, 0.2) is 18.3 Å². The van der Waals surface area contributed by atoms with Crippen LogP contribution in [-0.4, -0.2) is 17.1 Å². The lowest BCUT2D eigenvalue weighted by Crippen LogP contribution is -2.28. The molecule has 0 aliphatic rings. The van der Waals surface area contributed by atoms with Gasteiger partial charge >= 0.3 is 0 Å². The van der Waals surface area contributed by atoms with Crippen LogP contribution in [0, 0.1) is 5.92 Å². The zero-order valence-electron chi connectivity index (χ0n) is 12.3. The Kier molecular flexibility index (Phi) is 5.60. The van der Waals surface area contributed by atoms with Gasteiger partial charge < -0.3 is 10.1 Å². The van der Waals surface area contributed by atoms with Gasteiger partial charge in [-0.15, -0.1) is 0 Å². The number of ether oxygens (including phenoxy) is 1. The van der Waals surface area contributed by atoms with Gasteiger partial charge in [0.2, 0.25) is 5.88 Å². The zero-order chi connectivity index (χ0) is 13.6. The second-order valence-corrected chi connectivity index (χ2v) is 5.71. The molecule has 0 saturated carbocycles. The van der Waals surface area contributed by atoms with Crippen molar-refractivity contribution in [1.82, 2.24) is 10.3 Å². The standard InChI is InChI=1S/C15H26N2O/c1-6-15(4,5)18-14-13(8-7-9-17-14)11-16-10-12(2)3/h7-9,12,16H,6,10-11H2,1-5H3. The molecule has 0 aliphatic carbocycles. The van der Waals surface area contributed by atoms with Gasteiger partial charge in [-0.1, -0.05) is 26.8 Å². The van der Waals surface area contributed by atoms with Crippen LogP contribution in [0.4, 0.5) is 0 Å². The van der Waals surface area contributed by atoms with Crippen molar-refractivity contribution < 1.29 is 4.74 Å². The largest absolute Gasteiger partial charge is 0.471 e. The molecule has 1 N–H and O–H groups in total. The summed E-state index contributed by atoms with van der Waals surface area (Å²) in [5.41, 5.74) is 0.959. The maximum Gasteiger partial charge on any atom is 0.218 e. The third kappa shape index (κ3) is 5.05. The molecule has 1 heterocycles. The van der Waals surface area contributed by atoms with Gasteiger partial charge in [0.25, 0.3) is 0 Å². The number of rotatable bonds is 7. The van der Waals surface area contributed by atoms with E-state index in [0.717, 1.165) is 31.0 Å². The van der Waals surface area contributed by atoms with Crippen LogP contribution >= 0.6 is 0 Å². The molecule has 1 rings (SSSR count). The SMILES string of the molecule is CCC(C)(C)Oc1ncccc1CNCC(C)C. The first kappa shape index (κ1) is 15.0. The van der Waals surface area contributed by atoms with E-state index in [-0.39, 0.29) is 5.60 Å². The molecule has 0 saturated heterocycles. The first-order valence-electron chi connectivity index (χ1n) is 6.78. The average Bonchev–Trinajstić information content (AvgIpc) is 2.30. The molecule has 1 aromatic heterocycles. The van der Waals surface area contributed by atoms with Crippen LogP contribution in [0.5, 0.6) is 5.88 Å². The smallest absolute Gasteiger partial charge is 0.218 e. The monoisotopic (exact) mass is 250 g/mol. The lowest BCUT2D eigenvalue weighted by Gasteiger charge is -2.25. The topological polar surface area (TPSA) is 34.1 Å². The minimum atomic E-state index is -0.166. The van der Waals surface area contributed by atoms with Crippen LogP contribution < -0.4 is 10.1 Å². The molecule has 3 heteroatoms. The zero-order valence-corrected chi connectivity index (χ0v) is 12.3. The number of pyridine rings is 1. The molecule has 0 spiro atoms. The van der Waals surface area contributed by atoms with Crippen LogP contribution in [-0.2, 0) is 6.54 Å². The number of hydrogen-bond acceptors (Lipinski definition) is 3. The third-order valence-corrected chi connectivity index (χ3v) is 2.94. The summed E-state index contributed by atoms with van der Waals surface area (Å²) in [4.78, 5) is 4.35. The Morgan fingerprint density at radius 2 is 2.11 bits per heavy atom. The number of hydrogen-bond donors (Lipinski definition) is 1. The van der Waals surface area contributed by atoms with Crippen molar-refractivity contribution in [2.45, 2.75) is 53.2 Å². The van der Waals surface area contributed by atoms with E-state index in [1.54, 1.807) is 6.20 Å². The van der Waals surface area contributed by atoms with Crippen LogP contribution in [0.3, 0.4) is 0 Å². The van der Waals surface area contributed by atoms with Gasteiger partial charge in [-0.2, -0.15) is 0 Å². The maximum atomic E-state index is 5.99. The summed E-state index contributed by atoms with van der Waals surface area (Å²) >= 11 is 0. The van der Waals surface area contributed by atoms with E-state index in [0.29, 0.717) is 5.92 Å². The highest BCUT2D eigenvalue weighted by molar-refractivity contribution is 5.25. The Balaban J connectivity index is 2.67. The molecule has 0 fully saturated rings. The molecular weight excluding hydrogens is 224 g/mol. The first-order chi connectivity index (χ1) is 8.44. The first-order valence-corrected chi connectivity index (χ1v) is 6.78. The summed E-state index contributed by atoms with van der Waals surface area (Å²) in [6.45, 7) is 12.5. The highest BCUT2D eigenvalue weighted by Crippen LogP contribution is 2.22. The Labute approximate surface area is 111 Å². The van der Waals surface area contributed by atoms with Crippen molar-refractivity contribution in [3.05, 3.63) is 23.9 Å². The molecule has 0 atom stereocenters. The minimum Gasteiger partial charge on any atom is -0.471 e. The molecule has 0 aromatic carbocycles. The number of aromatic nitrogens is 1. The van der Waals surface area contributed by atoms with Crippen LogP contribution in [0.25, 0.3) is 0 Å². The van der Waals surface area contributed by atoms with Crippen molar-refractivity contribution in [3.8, 4) is 5.88 Å². The number of nitrogens with one attached hydrogen (secondary N) is 1. The maximum absolute atomic E-state index is 5.99. The quantitative estimate of drug-likeness (QED) is 0.805. The van der Waals surface area contributed by atoms with E-state index in [9.17, 15) is 0 Å². The molecule has 3 nitrogen and oxygen atoms in total. The molecule has 18 heavy (non-hydrogen) atoms. The van der Waals surface area contributed by atoms with Gasteiger partial charge in [-0.05, 0) is 38.8 Å². The van der Waals surface area contributed by atoms with Crippen molar-refractivity contribution in [2.24, 2.45) is 5.92 Å². The molecule has 1 aromatic rings. The summed E-state index contributed by atoms with van der Waals surface area (Å²) in [5.74, 6) is 1.40. The van der Waals surface area contributed by atoms with Gasteiger partial charge in [-0.25, -0.2) is 4.98 Å². The molecule has 0 amide bonds. The fourth-order valence-corrected chi connectivity index (χ4v) is 1.48. The van der Waals surface area contributed by atoms with Crippen LogP contribution in [0.2, 0.25) is 0 Å². The lowest BCUT2D eigenvalue weighted by atomic mass is 10.1. The third-order valence-electron chi connectivity index (χ3n) is 2.94. The van der Waals surface area contributed by atoms with Gasteiger partial charge in [0.1, 0.15) is 5.60 Å². The van der Waals surface area contributed by atoms with Gasteiger partial charge in [-0.3, -0.25) is 0 Å². The molecule has 102 valence electrons. The summed E-state index contributed by atoms with van der Waals surface area (Å²) in [6, 6.07) is 4.03. The van der Waals surface area contributed by atoms with E-state index in [1.165, 1.54) is 0 Å². The fourth-order valence-electron chi connectivity index (χ4n) is 1.48. The highest BCUT2D eigenvalue weighted by Gasteiger charge is 2.19. The van der Waals surface area contributed by atoms with Gasteiger partial charge in [0, 0.05) is 18.3 Å². The van der Waals surface area contributed by atoms with E-state index >= 15 is 0 Å². The normalized spacial score (nSPS) is 11.9. The highest BCUT2D eigenvalue weighted by atomic mass is 16.5. The molecule has 0 radical (unpaired) electrons. The summed E-state index contributed by atoms with van der Waals surface area (Å²) in [6.07, 6.45) is 2.75. The van der Waals surface area contributed by atoms with Crippen molar-refractivity contribution in [1.29, 1.82) is 0 Å². The summed E-state index contributed by atoms with van der Waals surface area (Å²) in [5, 5.41) is 3.43. The Morgan fingerprint density at radius 1 is 1.39 bits per heavy atom.